The van der Waals surface area contributed by atoms with Crippen molar-refractivity contribution in [1.82, 2.24) is 15.5 Å². The Kier molecular flexibility index (Phi) is 3.11. The lowest BCUT2D eigenvalue weighted by molar-refractivity contribution is 0.546. The fourth-order valence-corrected chi connectivity index (χ4v) is 1.51. The molecule has 66 valence electrons. The molecule has 0 aliphatic carbocycles. The van der Waals surface area contributed by atoms with E-state index in [4.69, 9.17) is 0 Å². The van der Waals surface area contributed by atoms with E-state index in [1.165, 1.54) is 0 Å². The van der Waals surface area contributed by atoms with Gasteiger partial charge in [0.25, 0.3) is 0 Å². The molecule has 1 aromatic rings. The summed E-state index contributed by atoms with van der Waals surface area (Å²) in [5, 5.41) is 10.1. The molecule has 1 unspecified atom stereocenters. The Bertz CT molecular complexity index is 259. The molecule has 0 saturated heterocycles. The van der Waals surface area contributed by atoms with Crippen molar-refractivity contribution in [1.29, 1.82) is 0 Å². The van der Waals surface area contributed by atoms with E-state index in [9.17, 15) is 4.39 Å². The van der Waals surface area contributed by atoms with E-state index in [0.717, 1.165) is 6.20 Å². The molecule has 0 bridgehead atoms. The normalized spacial score (nSPS) is 13.0. The minimum absolute atomic E-state index is 0.0742. The number of aromatic nitrogens is 2. The van der Waals surface area contributed by atoms with Crippen molar-refractivity contribution in [3.8, 4) is 0 Å². The first-order valence-corrected chi connectivity index (χ1v) is 4.30. The van der Waals surface area contributed by atoms with Gasteiger partial charge < -0.3 is 5.32 Å². The Labute approximate surface area is 78.5 Å². The fourth-order valence-electron chi connectivity index (χ4n) is 0.882. The van der Waals surface area contributed by atoms with Crippen LogP contribution in [-0.4, -0.2) is 17.2 Å². The highest BCUT2D eigenvalue weighted by molar-refractivity contribution is 9.10. The van der Waals surface area contributed by atoms with Gasteiger partial charge in [0.05, 0.1) is 6.20 Å². The van der Waals surface area contributed by atoms with Gasteiger partial charge in [0.2, 0.25) is 0 Å². The molecule has 0 aliphatic heterocycles. The maximum absolute atomic E-state index is 13.1. The van der Waals surface area contributed by atoms with E-state index in [-0.39, 0.29) is 11.9 Å². The summed E-state index contributed by atoms with van der Waals surface area (Å²) in [5.41, 5.74) is 0.507. The van der Waals surface area contributed by atoms with Gasteiger partial charge in [-0.2, -0.15) is 5.10 Å². The number of rotatable bonds is 2. The molecule has 0 saturated carbocycles. The largest absolute Gasteiger partial charge is 0.313 e. The molecule has 0 spiro atoms. The summed E-state index contributed by atoms with van der Waals surface area (Å²) in [7, 11) is 1.76. The van der Waals surface area contributed by atoms with Crippen molar-refractivity contribution in [2.24, 2.45) is 0 Å². The van der Waals surface area contributed by atoms with Crippen LogP contribution in [0.15, 0.2) is 10.8 Å². The van der Waals surface area contributed by atoms with E-state index in [2.05, 4.69) is 31.4 Å². The molecule has 12 heavy (non-hydrogen) atoms. The van der Waals surface area contributed by atoms with Crippen LogP contribution in [0.2, 0.25) is 0 Å². The Morgan fingerprint density at radius 1 is 1.67 bits per heavy atom. The van der Waals surface area contributed by atoms with Crippen LogP contribution in [0.1, 0.15) is 18.5 Å². The Morgan fingerprint density at radius 2 is 2.33 bits per heavy atom. The van der Waals surface area contributed by atoms with Gasteiger partial charge in [-0.15, -0.1) is 5.10 Å². The number of hydrogen-bond donors (Lipinski definition) is 1. The lowest BCUT2D eigenvalue weighted by atomic mass is 10.1. The summed E-state index contributed by atoms with van der Waals surface area (Å²) in [4.78, 5) is 0. The van der Waals surface area contributed by atoms with Gasteiger partial charge in [-0.1, -0.05) is 0 Å². The molecule has 5 heteroatoms. The number of nitrogens with one attached hydrogen (secondary N) is 1. The van der Waals surface area contributed by atoms with Crippen LogP contribution in [0.4, 0.5) is 4.39 Å². The van der Waals surface area contributed by atoms with Gasteiger partial charge in [0.15, 0.2) is 5.82 Å². The first-order valence-electron chi connectivity index (χ1n) is 3.50. The van der Waals surface area contributed by atoms with Crippen LogP contribution in [0, 0.1) is 5.82 Å². The van der Waals surface area contributed by atoms with Crippen LogP contribution < -0.4 is 5.32 Å². The summed E-state index contributed by atoms with van der Waals surface area (Å²) >= 11 is 3.13. The molecular formula is C7H9BrFN3. The molecule has 0 radical (unpaired) electrons. The van der Waals surface area contributed by atoms with Gasteiger partial charge in [-0.05, 0) is 29.9 Å². The predicted octanol–water partition coefficient (Wildman–Crippen LogP) is 1.66. The van der Waals surface area contributed by atoms with Crippen LogP contribution in [0.5, 0.6) is 0 Å². The highest BCUT2D eigenvalue weighted by atomic mass is 79.9. The summed E-state index contributed by atoms with van der Waals surface area (Å²) in [5.74, 6) is -0.348. The zero-order valence-corrected chi connectivity index (χ0v) is 8.39. The molecule has 0 amide bonds. The van der Waals surface area contributed by atoms with Crippen molar-refractivity contribution < 1.29 is 4.39 Å². The molecule has 3 nitrogen and oxygen atoms in total. The average molecular weight is 234 g/mol. The zero-order chi connectivity index (χ0) is 9.14. The molecular weight excluding hydrogens is 225 g/mol. The van der Waals surface area contributed by atoms with Gasteiger partial charge in [0, 0.05) is 11.6 Å². The third kappa shape index (κ3) is 1.78. The second kappa shape index (κ2) is 3.91. The topological polar surface area (TPSA) is 37.8 Å². The smallest absolute Gasteiger partial charge is 0.150 e. The second-order valence-corrected chi connectivity index (χ2v) is 3.16. The van der Waals surface area contributed by atoms with E-state index in [1.54, 1.807) is 7.05 Å². The van der Waals surface area contributed by atoms with E-state index >= 15 is 0 Å². The van der Waals surface area contributed by atoms with Crippen molar-refractivity contribution in [3.05, 3.63) is 22.2 Å². The highest BCUT2D eigenvalue weighted by Crippen LogP contribution is 2.22. The average Bonchev–Trinajstić information content (AvgIpc) is 2.03. The summed E-state index contributed by atoms with van der Waals surface area (Å²) in [6, 6.07) is -0.0742. The second-order valence-electron chi connectivity index (χ2n) is 2.41. The van der Waals surface area contributed by atoms with Gasteiger partial charge in [0.1, 0.15) is 4.60 Å². The van der Waals surface area contributed by atoms with Gasteiger partial charge in [-0.25, -0.2) is 4.39 Å². The summed E-state index contributed by atoms with van der Waals surface area (Å²) in [6.07, 6.45) is 1.11. The van der Waals surface area contributed by atoms with Crippen molar-refractivity contribution in [3.63, 3.8) is 0 Å². The third-order valence-corrected chi connectivity index (χ3v) is 2.25. The Morgan fingerprint density at radius 3 is 2.83 bits per heavy atom. The maximum atomic E-state index is 13.1. The zero-order valence-electron chi connectivity index (χ0n) is 6.81. The number of hydrogen-bond acceptors (Lipinski definition) is 3. The van der Waals surface area contributed by atoms with Crippen molar-refractivity contribution in [2.45, 2.75) is 13.0 Å². The first kappa shape index (κ1) is 9.54. The molecule has 0 fully saturated rings. The standard InChI is InChI=1S/C7H9BrFN3/c1-4(10-2)6-5(9)3-11-12-7(6)8/h3-4,10H,1-2H3. The lowest BCUT2D eigenvalue weighted by Gasteiger charge is -2.11. The molecule has 1 heterocycles. The van der Waals surface area contributed by atoms with E-state index in [1.807, 2.05) is 6.92 Å². The molecule has 0 aromatic carbocycles. The highest BCUT2D eigenvalue weighted by Gasteiger charge is 2.13. The molecule has 1 N–H and O–H groups in total. The fraction of sp³-hybridized carbons (Fsp3) is 0.429. The summed E-state index contributed by atoms with van der Waals surface area (Å²) in [6.45, 7) is 1.85. The Balaban J connectivity index is 3.12. The summed E-state index contributed by atoms with van der Waals surface area (Å²) < 4.78 is 13.6. The van der Waals surface area contributed by atoms with Gasteiger partial charge in [-0.3, -0.25) is 0 Å². The molecule has 0 aliphatic rings. The maximum Gasteiger partial charge on any atom is 0.150 e. The third-order valence-electron chi connectivity index (χ3n) is 1.66. The van der Waals surface area contributed by atoms with E-state index in [0.29, 0.717) is 10.2 Å². The predicted molar refractivity (Wildman–Crippen MR) is 47.2 cm³/mol. The number of halogens is 2. The van der Waals surface area contributed by atoms with Gasteiger partial charge >= 0.3 is 0 Å². The quantitative estimate of drug-likeness (QED) is 0.845. The number of nitrogens with zero attached hydrogens (tertiary/aromatic N) is 2. The molecule has 1 rings (SSSR count). The molecule has 1 atom stereocenters. The van der Waals surface area contributed by atoms with Crippen molar-refractivity contribution >= 4 is 15.9 Å². The van der Waals surface area contributed by atoms with Crippen LogP contribution in [0.25, 0.3) is 0 Å². The van der Waals surface area contributed by atoms with Crippen LogP contribution >= 0.6 is 15.9 Å². The van der Waals surface area contributed by atoms with Crippen LogP contribution in [0.3, 0.4) is 0 Å². The lowest BCUT2D eigenvalue weighted by Crippen LogP contribution is -2.15. The van der Waals surface area contributed by atoms with Crippen molar-refractivity contribution in [2.75, 3.05) is 7.05 Å². The first-order chi connectivity index (χ1) is 5.66. The minimum atomic E-state index is -0.348. The van der Waals surface area contributed by atoms with Crippen LogP contribution in [-0.2, 0) is 0 Å². The Hall–Kier alpha value is -0.550. The SMILES string of the molecule is CNC(C)c1c(F)cnnc1Br. The van der Waals surface area contributed by atoms with E-state index < -0.39 is 0 Å². The molecule has 1 aromatic heterocycles. The minimum Gasteiger partial charge on any atom is -0.313 e. The monoisotopic (exact) mass is 233 g/mol.